The number of nitrogens with one attached hydrogen (secondary N) is 1. The smallest absolute Gasteiger partial charge is 0.255 e. The fraction of sp³-hybridized carbons (Fsp3) is 0.174. The van der Waals surface area contributed by atoms with Crippen LogP contribution in [0.5, 0.6) is 11.5 Å². The van der Waals surface area contributed by atoms with E-state index >= 15 is 0 Å². The predicted octanol–water partition coefficient (Wildman–Crippen LogP) is 5.31. The van der Waals surface area contributed by atoms with Crippen LogP contribution in [0.2, 0.25) is 0 Å². The number of carbonyl (C=O) groups is 1. The highest BCUT2D eigenvalue weighted by Gasteiger charge is 2.09. The summed E-state index contributed by atoms with van der Waals surface area (Å²) < 4.78 is 11.5. The van der Waals surface area contributed by atoms with Gasteiger partial charge in [0.25, 0.3) is 5.91 Å². The van der Waals surface area contributed by atoms with Crippen LogP contribution in [-0.4, -0.2) is 12.0 Å². The van der Waals surface area contributed by atoms with Gasteiger partial charge in [-0.3, -0.25) is 4.79 Å². The molecule has 4 heteroatoms. The molecule has 0 aromatic heterocycles. The van der Waals surface area contributed by atoms with Crippen molar-refractivity contribution in [3.8, 4) is 11.5 Å². The number of rotatable bonds is 7. The predicted molar refractivity (Wildman–Crippen MR) is 107 cm³/mol. The average Bonchev–Trinajstić information content (AvgIpc) is 2.67. The monoisotopic (exact) mass is 361 g/mol. The summed E-state index contributed by atoms with van der Waals surface area (Å²) in [5, 5.41) is 2.90. The lowest BCUT2D eigenvalue weighted by atomic mass is 10.2. The molecule has 0 saturated carbocycles. The van der Waals surface area contributed by atoms with Crippen molar-refractivity contribution in [3.05, 3.63) is 90.0 Å². The van der Waals surface area contributed by atoms with E-state index in [0.29, 0.717) is 29.4 Å². The maximum Gasteiger partial charge on any atom is 0.255 e. The summed E-state index contributed by atoms with van der Waals surface area (Å²) in [5.41, 5.74) is 2.32. The normalized spacial score (nSPS) is 10.5. The van der Waals surface area contributed by atoms with Crippen LogP contribution in [-0.2, 0) is 6.61 Å². The zero-order chi connectivity index (χ0) is 19.1. The molecule has 0 radical (unpaired) electrons. The number of hydrogen-bond acceptors (Lipinski definition) is 3. The third kappa shape index (κ3) is 5.61. The number of hydrogen-bond donors (Lipinski definition) is 1. The van der Waals surface area contributed by atoms with Gasteiger partial charge in [0.15, 0.2) is 0 Å². The Kier molecular flexibility index (Phi) is 6.10. The van der Waals surface area contributed by atoms with Gasteiger partial charge >= 0.3 is 0 Å². The lowest BCUT2D eigenvalue weighted by molar-refractivity contribution is 0.102. The molecule has 0 saturated heterocycles. The van der Waals surface area contributed by atoms with Crippen LogP contribution in [0.3, 0.4) is 0 Å². The van der Waals surface area contributed by atoms with Crippen LogP contribution < -0.4 is 14.8 Å². The van der Waals surface area contributed by atoms with E-state index in [1.807, 2.05) is 80.6 Å². The molecule has 0 bridgehead atoms. The Morgan fingerprint density at radius 1 is 0.889 bits per heavy atom. The van der Waals surface area contributed by atoms with Crippen molar-refractivity contribution in [2.75, 3.05) is 5.32 Å². The van der Waals surface area contributed by atoms with E-state index in [9.17, 15) is 4.79 Å². The maximum absolute atomic E-state index is 12.5. The summed E-state index contributed by atoms with van der Waals surface area (Å²) in [5.74, 6) is 1.19. The molecule has 1 N–H and O–H groups in total. The first kappa shape index (κ1) is 18.5. The average molecular weight is 361 g/mol. The largest absolute Gasteiger partial charge is 0.491 e. The van der Waals surface area contributed by atoms with E-state index in [0.717, 1.165) is 5.56 Å². The molecule has 3 rings (SSSR count). The summed E-state index contributed by atoms with van der Waals surface area (Å²) in [6, 6.07) is 24.5. The third-order valence-corrected chi connectivity index (χ3v) is 3.81. The molecule has 0 aliphatic heterocycles. The molecule has 0 aliphatic carbocycles. The Bertz CT molecular complexity index is 891. The molecule has 0 atom stereocenters. The summed E-state index contributed by atoms with van der Waals surface area (Å²) in [6.07, 6.45) is 0.0572. The van der Waals surface area contributed by atoms with Gasteiger partial charge in [-0.25, -0.2) is 0 Å². The Balaban J connectivity index is 1.64. The minimum absolute atomic E-state index is 0.0572. The zero-order valence-corrected chi connectivity index (χ0v) is 15.5. The molecule has 0 fully saturated rings. The van der Waals surface area contributed by atoms with Gasteiger partial charge in [-0.2, -0.15) is 0 Å². The molecule has 138 valence electrons. The van der Waals surface area contributed by atoms with Crippen LogP contribution in [0.1, 0.15) is 29.8 Å². The van der Waals surface area contributed by atoms with Crippen molar-refractivity contribution < 1.29 is 14.3 Å². The zero-order valence-electron chi connectivity index (χ0n) is 15.5. The fourth-order valence-corrected chi connectivity index (χ4v) is 2.59. The van der Waals surface area contributed by atoms with Crippen molar-refractivity contribution in [3.63, 3.8) is 0 Å². The van der Waals surface area contributed by atoms with Gasteiger partial charge in [0, 0.05) is 17.3 Å². The van der Waals surface area contributed by atoms with E-state index in [1.54, 1.807) is 12.1 Å². The lowest BCUT2D eigenvalue weighted by Gasteiger charge is -2.12. The lowest BCUT2D eigenvalue weighted by Crippen LogP contribution is -2.12. The highest BCUT2D eigenvalue weighted by Crippen LogP contribution is 2.20. The molecule has 0 heterocycles. The molecular weight excluding hydrogens is 338 g/mol. The van der Waals surface area contributed by atoms with Crippen molar-refractivity contribution in [1.29, 1.82) is 0 Å². The Labute approximate surface area is 159 Å². The molecule has 1 amide bonds. The van der Waals surface area contributed by atoms with Crippen LogP contribution in [0, 0.1) is 0 Å². The molecule has 3 aromatic carbocycles. The van der Waals surface area contributed by atoms with E-state index in [-0.39, 0.29) is 12.0 Å². The van der Waals surface area contributed by atoms with Gasteiger partial charge in [0.1, 0.15) is 18.1 Å². The van der Waals surface area contributed by atoms with Crippen LogP contribution >= 0.6 is 0 Å². The first-order valence-corrected chi connectivity index (χ1v) is 8.95. The summed E-state index contributed by atoms with van der Waals surface area (Å²) in [6.45, 7) is 4.38. The van der Waals surface area contributed by atoms with Gasteiger partial charge in [-0.15, -0.1) is 0 Å². The van der Waals surface area contributed by atoms with Gasteiger partial charge in [-0.1, -0.05) is 42.5 Å². The SMILES string of the molecule is CC(C)Oc1cccc(C(=O)Nc2cccc(OCc3ccccc3)c2)c1. The fourth-order valence-electron chi connectivity index (χ4n) is 2.59. The highest BCUT2D eigenvalue weighted by atomic mass is 16.5. The van der Waals surface area contributed by atoms with Crippen molar-refractivity contribution >= 4 is 11.6 Å². The number of anilines is 1. The Morgan fingerprint density at radius 3 is 2.41 bits per heavy atom. The Hall–Kier alpha value is -3.27. The van der Waals surface area contributed by atoms with E-state index < -0.39 is 0 Å². The second kappa shape index (κ2) is 8.90. The minimum Gasteiger partial charge on any atom is -0.491 e. The topological polar surface area (TPSA) is 47.6 Å². The first-order valence-electron chi connectivity index (χ1n) is 8.95. The third-order valence-electron chi connectivity index (χ3n) is 3.81. The Morgan fingerprint density at radius 2 is 1.63 bits per heavy atom. The van der Waals surface area contributed by atoms with Crippen molar-refractivity contribution in [2.24, 2.45) is 0 Å². The van der Waals surface area contributed by atoms with E-state index in [2.05, 4.69) is 5.32 Å². The summed E-state index contributed by atoms with van der Waals surface area (Å²) >= 11 is 0. The van der Waals surface area contributed by atoms with Gasteiger partial charge in [0.2, 0.25) is 0 Å². The molecule has 4 nitrogen and oxygen atoms in total. The van der Waals surface area contributed by atoms with Crippen LogP contribution in [0.4, 0.5) is 5.69 Å². The molecule has 0 spiro atoms. The van der Waals surface area contributed by atoms with E-state index in [4.69, 9.17) is 9.47 Å². The van der Waals surface area contributed by atoms with Crippen LogP contribution in [0.15, 0.2) is 78.9 Å². The molecule has 0 unspecified atom stereocenters. The van der Waals surface area contributed by atoms with Crippen molar-refractivity contribution in [2.45, 2.75) is 26.6 Å². The maximum atomic E-state index is 12.5. The molecule has 3 aromatic rings. The standard InChI is InChI=1S/C23H23NO3/c1-17(2)27-22-13-6-10-19(14-22)23(25)24-20-11-7-12-21(15-20)26-16-18-8-4-3-5-9-18/h3-15,17H,16H2,1-2H3,(H,24,25). The molecular formula is C23H23NO3. The van der Waals surface area contributed by atoms with Gasteiger partial charge in [-0.05, 0) is 49.7 Å². The molecule has 0 aliphatic rings. The van der Waals surface area contributed by atoms with Gasteiger partial charge < -0.3 is 14.8 Å². The summed E-state index contributed by atoms with van der Waals surface area (Å²) in [7, 11) is 0. The highest BCUT2D eigenvalue weighted by molar-refractivity contribution is 6.04. The minimum atomic E-state index is -0.190. The molecule has 27 heavy (non-hydrogen) atoms. The van der Waals surface area contributed by atoms with Crippen LogP contribution in [0.25, 0.3) is 0 Å². The van der Waals surface area contributed by atoms with E-state index in [1.165, 1.54) is 0 Å². The second-order valence-electron chi connectivity index (χ2n) is 6.45. The quantitative estimate of drug-likeness (QED) is 0.621. The number of amides is 1. The summed E-state index contributed by atoms with van der Waals surface area (Å²) in [4.78, 5) is 12.5. The van der Waals surface area contributed by atoms with Gasteiger partial charge in [0.05, 0.1) is 6.10 Å². The first-order chi connectivity index (χ1) is 13.1. The number of carbonyl (C=O) groups excluding carboxylic acids is 1. The number of ether oxygens (including phenoxy) is 2. The number of benzene rings is 3. The second-order valence-corrected chi connectivity index (χ2v) is 6.45. The van der Waals surface area contributed by atoms with Crippen molar-refractivity contribution in [1.82, 2.24) is 0 Å².